The third-order valence-corrected chi connectivity index (χ3v) is 2.88. The Morgan fingerprint density at radius 1 is 1.50 bits per heavy atom. The summed E-state index contributed by atoms with van der Waals surface area (Å²) in [6, 6.07) is 0. The van der Waals surface area contributed by atoms with Crippen molar-refractivity contribution in [2.24, 2.45) is 5.92 Å². The number of ether oxygens (including phenoxy) is 1. The Morgan fingerprint density at radius 2 is 2.07 bits per heavy atom. The number of aliphatic carboxylic acids is 1. The molecule has 0 aromatic heterocycles. The minimum Gasteiger partial charge on any atom is -0.481 e. The molecule has 0 amide bonds. The molecule has 82 valence electrons. The molecular weight excluding hydrogens is 184 g/mol. The van der Waals surface area contributed by atoms with Gasteiger partial charge >= 0.3 is 5.97 Å². The molecule has 0 radical (unpaired) electrons. The van der Waals surface area contributed by atoms with E-state index in [1.165, 1.54) is 0 Å². The second-order valence-corrected chi connectivity index (χ2v) is 3.89. The molecule has 0 bridgehead atoms. The highest BCUT2D eigenvalue weighted by molar-refractivity contribution is 5.70. The third kappa shape index (κ3) is 2.45. The zero-order chi connectivity index (χ0) is 10.7. The number of carbonyl (C=O) groups is 1. The lowest BCUT2D eigenvalue weighted by Crippen LogP contribution is -2.30. The van der Waals surface area contributed by atoms with Gasteiger partial charge in [0.25, 0.3) is 0 Å². The van der Waals surface area contributed by atoms with Gasteiger partial charge in [-0.15, -0.1) is 0 Å². The van der Waals surface area contributed by atoms with Gasteiger partial charge in [0.2, 0.25) is 0 Å². The van der Waals surface area contributed by atoms with Crippen molar-refractivity contribution in [3.05, 3.63) is 0 Å². The maximum Gasteiger partial charge on any atom is 0.308 e. The normalized spacial score (nSPS) is 31.4. The maximum absolute atomic E-state index is 10.7. The lowest BCUT2D eigenvalue weighted by Gasteiger charge is -2.19. The molecule has 1 saturated heterocycles. The van der Waals surface area contributed by atoms with Crippen LogP contribution < -0.4 is 0 Å². The van der Waals surface area contributed by atoms with Crippen LogP contribution in [-0.2, 0) is 9.53 Å². The van der Waals surface area contributed by atoms with Crippen molar-refractivity contribution in [1.82, 2.24) is 0 Å². The summed E-state index contributed by atoms with van der Waals surface area (Å²) in [5.74, 6) is -1.31. The molecule has 2 N–H and O–H groups in total. The van der Waals surface area contributed by atoms with E-state index in [9.17, 15) is 9.90 Å². The standard InChI is InChI=1S/C10H18O4/c1-3-7(11)9-5-4-8(14-9)6(2)10(12)13/h6-9,11H,3-5H2,1-2H3,(H,12,13). The van der Waals surface area contributed by atoms with Crippen molar-refractivity contribution < 1.29 is 19.7 Å². The summed E-state index contributed by atoms with van der Waals surface area (Å²) in [4.78, 5) is 10.7. The van der Waals surface area contributed by atoms with E-state index in [0.29, 0.717) is 6.42 Å². The summed E-state index contributed by atoms with van der Waals surface area (Å²) < 4.78 is 5.51. The highest BCUT2D eigenvalue weighted by atomic mass is 16.5. The number of hydrogen-bond acceptors (Lipinski definition) is 3. The predicted octanol–water partition coefficient (Wildman–Crippen LogP) is 1.03. The van der Waals surface area contributed by atoms with E-state index in [1.807, 2.05) is 6.92 Å². The molecule has 0 aromatic carbocycles. The third-order valence-electron chi connectivity index (χ3n) is 2.88. The molecule has 1 aliphatic rings. The van der Waals surface area contributed by atoms with Crippen molar-refractivity contribution in [3.63, 3.8) is 0 Å². The van der Waals surface area contributed by atoms with Crippen LogP contribution in [0.3, 0.4) is 0 Å². The van der Waals surface area contributed by atoms with Crippen LogP contribution in [0.15, 0.2) is 0 Å². The SMILES string of the molecule is CCC(O)C1CCC(C(C)C(=O)O)O1. The number of carboxylic acid groups (broad SMARTS) is 1. The van der Waals surface area contributed by atoms with E-state index in [1.54, 1.807) is 6.92 Å². The van der Waals surface area contributed by atoms with Crippen molar-refractivity contribution in [2.45, 2.75) is 51.4 Å². The number of hydrogen-bond donors (Lipinski definition) is 2. The van der Waals surface area contributed by atoms with Gasteiger partial charge in [-0.25, -0.2) is 0 Å². The summed E-state index contributed by atoms with van der Waals surface area (Å²) in [5.41, 5.74) is 0. The molecule has 0 aromatic rings. The Hall–Kier alpha value is -0.610. The predicted molar refractivity (Wildman–Crippen MR) is 51.0 cm³/mol. The summed E-state index contributed by atoms with van der Waals surface area (Å²) >= 11 is 0. The number of aliphatic hydroxyl groups excluding tert-OH is 1. The van der Waals surface area contributed by atoms with Crippen LogP contribution in [0.25, 0.3) is 0 Å². The molecule has 4 atom stereocenters. The topological polar surface area (TPSA) is 66.8 Å². The van der Waals surface area contributed by atoms with Crippen molar-refractivity contribution >= 4 is 5.97 Å². The highest BCUT2D eigenvalue weighted by Gasteiger charge is 2.35. The average Bonchev–Trinajstić information content (AvgIpc) is 2.64. The molecule has 0 aliphatic carbocycles. The Labute approximate surface area is 83.9 Å². The lowest BCUT2D eigenvalue weighted by molar-refractivity contribution is -0.147. The molecule has 1 rings (SSSR count). The van der Waals surface area contributed by atoms with E-state index >= 15 is 0 Å². The largest absolute Gasteiger partial charge is 0.481 e. The van der Waals surface area contributed by atoms with Crippen LogP contribution in [0.5, 0.6) is 0 Å². The lowest BCUT2D eigenvalue weighted by atomic mass is 10.0. The first-order chi connectivity index (χ1) is 6.56. The number of rotatable bonds is 4. The Morgan fingerprint density at radius 3 is 2.57 bits per heavy atom. The minimum absolute atomic E-state index is 0.174. The van der Waals surface area contributed by atoms with Crippen molar-refractivity contribution in [1.29, 1.82) is 0 Å². The van der Waals surface area contributed by atoms with Gasteiger partial charge in [-0.1, -0.05) is 6.92 Å². The van der Waals surface area contributed by atoms with E-state index in [4.69, 9.17) is 9.84 Å². The van der Waals surface area contributed by atoms with Gasteiger partial charge in [-0.2, -0.15) is 0 Å². The number of carboxylic acids is 1. The van der Waals surface area contributed by atoms with Crippen molar-refractivity contribution in [2.75, 3.05) is 0 Å². The molecule has 1 aliphatic heterocycles. The van der Waals surface area contributed by atoms with Crippen LogP contribution in [0.2, 0.25) is 0 Å². The zero-order valence-corrected chi connectivity index (χ0v) is 8.64. The fourth-order valence-electron chi connectivity index (χ4n) is 1.76. The number of aliphatic hydroxyl groups is 1. The second kappa shape index (κ2) is 4.75. The summed E-state index contributed by atoms with van der Waals surface area (Å²) in [5, 5.41) is 18.3. The van der Waals surface area contributed by atoms with Crippen LogP contribution >= 0.6 is 0 Å². The van der Waals surface area contributed by atoms with E-state index in [-0.39, 0.29) is 12.2 Å². The fraction of sp³-hybridized carbons (Fsp3) is 0.900. The van der Waals surface area contributed by atoms with Crippen LogP contribution in [0.1, 0.15) is 33.1 Å². The Bertz CT molecular complexity index is 204. The van der Waals surface area contributed by atoms with Crippen LogP contribution in [0, 0.1) is 5.92 Å². The summed E-state index contributed by atoms with van der Waals surface area (Å²) in [7, 11) is 0. The van der Waals surface area contributed by atoms with Crippen LogP contribution in [-0.4, -0.2) is 34.5 Å². The van der Waals surface area contributed by atoms with Gasteiger partial charge in [0, 0.05) is 0 Å². The molecule has 1 fully saturated rings. The smallest absolute Gasteiger partial charge is 0.308 e. The van der Waals surface area contributed by atoms with Gasteiger partial charge in [-0.05, 0) is 26.2 Å². The Balaban J connectivity index is 2.44. The first-order valence-electron chi connectivity index (χ1n) is 5.12. The molecular formula is C10H18O4. The molecule has 1 heterocycles. The fourth-order valence-corrected chi connectivity index (χ4v) is 1.76. The molecule has 4 unspecified atom stereocenters. The van der Waals surface area contributed by atoms with E-state index in [0.717, 1.165) is 12.8 Å². The highest BCUT2D eigenvalue weighted by Crippen LogP contribution is 2.28. The average molecular weight is 202 g/mol. The monoisotopic (exact) mass is 202 g/mol. The molecule has 0 saturated carbocycles. The Kier molecular flexibility index (Phi) is 3.89. The minimum atomic E-state index is -0.832. The van der Waals surface area contributed by atoms with Gasteiger partial charge in [0.15, 0.2) is 0 Å². The zero-order valence-electron chi connectivity index (χ0n) is 8.64. The van der Waals surface area contributed by atoms with Crippen molar-refractivity contribution in [3.8, 4) is 0 Å². The van der Waals surface area contributed by atoms with Gasteiger partial charge in [0.1, 0.15) is 0 Å². The summed E-state index contributed by atoms with van der Waals surface area (Å²) in [6.45, 7) is 3.54. The first-order valence-corrected chi connectivity index (χ1v) is 5.12. The molecule has 4 heteroatoms. The molecule has 0 spiro atoms. The molecule has 4 nitrogen and oxygen atoms in total. The van der Waals surface area contributed by atoms with Gasteiger partial charge in [0.05, 0.1) is 24.2 Å². The second-order valence-electron chi connectivity index (χ2n) is 3.89. The van der Waals surface area contributed by atoms with E-state index < -0.39 is 18.0 Å². The van der Waals surface area contributed by atoms with Crippen LogP contribution in [0.4, 0.5) is 0 Å². The van der Waals surface area contributed by atoms with Gasteiger partial charge < -0.3 is 14.9 Å². The summed E-state index contributed by atoms with van der Waals surface area (Å²) in [6.07, 6.45) is 1.28. The maximum atomic E-state index is 10.7. The van der Waals surface area contributed by atoms with E-state index in [2.05, 4.69) is 0 Å². The molecule has 14 heavy (non-hydrogen) atoms. The quantitative estimate of drug-likeness (QED) is 0.714. The van der Waals surface area contributed by atoms with Gasteiger partial charge in [-0.3, -0.25) is 4.79 Å². The first kappa shape index (κ1) is 11.5.